The molecular formula is C13H14N4. The third-order valence-corrected chi connectivity index (χ3v) is 2.59. The molecule has 0 radical (unpaired) electrons. The Hall–Kier alpha value is -2.28. The van der Waals surface area contributed by atoms with Crippen LogP contribution in [0.2, 0.25) is 0 Å². The smallest absolute Gasteiger partial charge is 0.0994 e. The lowest BCUT2D eigenvalue weighted by Crippen LogP contribution is -2.01. The Balaban J connectivity index is 2.05. The summed E-state index contributed by atoms with van der Waals surface area (Å²) in [4.78, 5) is 0. The van der Waals surface area contributed by atoms with Crippen LogP contribution in [0.4, 0.5) is 5.69 Å². The van der Waals surface area contributed by atoms with Gasteiger partial charge in [0, 0.05) is 18.9 Å². The molecule has 2 aromatic rings. The van der Waals surface area contributed by atoms with Crippen LogP contribution in [0.15, 0.2) is 30.5 Å². The Morgan fingerprint density at radius 3 is 2.82 bits per heavy atom. The topological polar surface area (TPSA) is 53.6 Å². The van der Waals surface area contributed by atoms with Gasteiger partial charge in [0.25, 0.3) is 0 Å². The maximum atomic E-state index is 8.84. The van der Waals surface area contributed by atoms with Crippen molar-refractivity contribution in [2.45, 2.75) is 13.5 Å². The van der Waals surface area contributed by atoms with Gasteiger partial charge in [-0.05, 0) is 36.8 Å². The third kappa shape index (κ3) is 2.64. The Bertz CT molecular complexity index is 563. The quantitative estimate of drug-likeness (QED) is 0.873. The Labute approximate surface area is 100 Å². The molecule has 0 amide bonds. The van der Waals surface area contributed by atoms with E-state index >= 15 is 0 Å². The molecule has 4 nitrogen and oxygen atoms in total. The van der Waals surface area contributed by atoms with Crippen molar-refractivity contribution in [3.05, 3.63) is 47.3 Å². The second kappa shape index (κ2) is 4.71. The summed E-state index contributed by atoms with van der Waals surface area (Å²) in [6.45, 7) is 2.62. The molecule has 0 aliphatic carbocycles. The number of nitriles is 1. The first kappa shape index (κ1) is 11.2. The molecule has 1 aromatic heterocycles. The van der Waals surface area contributed by atoms with E-state index in [1.807, 2.05) is 44.4 Å². The molecule has 0 fully saturated rings. The van der Waals surface area contributed by atoms with E-state index in [0.29, 0.717) is 12.1 Å². The minimum absolute atomic E-state index is 0.687. The standard InChI is InChI=1S/C13H14N4/c1-10-7-12(4-3-11(10)8-14)15-9-13-5-6-17(2)16-13/h3-7,15H,9H2,1-2H3. The number of benzene rings is 1. The highest BCUT2D eigenvalue weighted by Crippen LogP contribution is 2.14. The largest absolute Gasteiger partial charge is 0.379 e. The Kier molecular flexibility index (Phi) is 3.10. The average Bonchev–Trinajstić information content (AvgIpc) is 2.73. The van der Waals surface area contributed by atoms with Crippen molar-refractivity contribution in [3.63, 3.8) is 0 Å². The normalized spacial score (nSPS) is 9.94. The first-order chi connectivity index (χ1) is 8.19. The summed E-state index contributed by atoms with van der Waals surface area (Å²) in [7, 11) is 1.90. The summed E-state index contributed by atoms with van der Waals surface area (Å²) in [6.07, 6.45) is 1.92. The van der Waals surface area contributed by atoms with Crippen LogP contribution in [0.5, 0.6) is 0 Å². The zero-order valence-corrected chi connectivity index (χ0v) is 9.94. The lowest BCUT2D eigenvalue weighted by Gasteiger charge is -2.06. The highest BCUT2D eigenvalue weighted by molar-refractivity contribution is 5.51. The van der Waals surface area contributed by atoms with Crippen LogP contribution in [0.3, 0.4) is 0 Å². The van der Waals surface area contributed by atoms with Crippen molar-refractivity contribution < 1.29 is 0 Å². The summed E-state index contributed by atoms with van der Waals surface area (Å²) in [6, 6.07) is 9.85. The van der Waals surface area contributed by atoms with Crippen molar-refractivity contribution in [3.8, 4) is 6.07 Å². The first-order valence-electron chi connectivity index (χ1n) is 5.42. The summed E-state index contributed by atoms with van der Waals surface area (Å²) in [5.41, 5.74) is 3.70. The molecule has 86 valence electrons. The average molecular weight is 226 g/mol. The third-order valence-electron chi connectivity index (χ3n) is 2.59. The van der Waals surface area contributed by atoms with Crippen LogP contribution >= 0.6 is 0 Å². The molecule has 0 unspecified atom stereocenters. The predicted octanol–water partition coefficient (Wildman–Crippen LogP) is 2.21. The zero-order chi connectivity index (χ0) is 12.3. The maximum absolute atomic E-state index is 8.84. The molecule has 0 saturated carbocycles. The predicted molar refractivity (Wildman–Crippen MR) is 66.4 cm³/mol. The van der Waals surface area contributed by atoms with E-state index in [-0.39, 0.29) is 0 Å². The maximum Gasteiger partial charge on any atom is 0.0994 e. The van der Waals surface area contributed by atoms with Crippen molar-refractivity contribution in [2.75, 3.05) is 5.32 Å². The molecule has 0 atom stereocenters. The van der Waals surface area contributed by atoms with E-state index in [0.717, 1.165) is 16.9 Å². The molecule has 2 rings (SSSR count). The number of hydrogen-bond donors (Lipinski definition) is 1. The van der Waals surface area contributed by atoms with E-state index in [4.69, 9.17) is 5.26 Å². The molecule has 0 aliphatic rings. The lowest BCUT2D eigenvalue weighted by molar-refractivity contribution is 0.747. The lowest BCUT2D eigenvalue weighted by atomic mass is 10.1. The monoisotopic (exact) mass is 226 g/mol. The molecule has 0 bridgehead atoms. The molecule has 17 heavy (non-hydrogen) atoms. The second-order valence-corrected chi connectivity index (χ2v) is 3.98. The number of nitrogens with one attached hydrogen (secondary N) is 1. The highest BCUT2D eigenvalue weighted by Gasteiger charge is 2.00. The van der Waals surface area contributed by atoms with E-state index < -0.39 is 0 Å². The van der Waals surface area contributed by atoms with Gasteiger partial charge in [-0.1, -0.05) is 0 Å². The van der Waals surface area contributed by atoms with Crippen LogP contribution in [0, 0.1) is 18.3 Å². The van der Waals surface area contributed by atoms with Gasteiger partial charge in [-0.3, -0.25) is 4.68 Å². The van der Waals surface area contributed by atoms with E-state index in [9.17, 15) is 0 Å². The number of aryl methyl sites for hydroxylation is 2. The Morgan fingerprint density at radius 2 is 2.24 bits per heavy atom. The highest BCUT2D eigenvalue weighted by atomic mass is 15.3. The fourth-order valence-corrected chi connectivity index (χ4v) is 1.65. The molecule has 0 saturated heterocycles. The van der Waals surface area contributed by atoms with Crippen molar-refractivity contribution in [1.82, 2.24) is 9.78 Å². The molecule has 0 aliphatic heterocycles. The SMILES string of the molecule is Cc1cc(NCc2ccn(C)n2)ccc1C#N. The number of aromatic nitrogens is 2. The Morgan fingerprint density at radius 1 is 1.41 bits per heavy atom. The van der Waals surface area contributed by atoms with Gasteiger partial charge in [-0.15, -0.1) is 0 Å². The zero-order valence-electron chi connectivity index (χ0n) is 9.94. The second-order valence-electron chi connectivity index (χ2n) is 3.98. The summed E-state index contributed by atoms with van der Waals surface area (Å²) in [5, 5.41) is 16.4. The van der Waals surface area contributed by atoms with Gasteiger partial charge in [0.05, 0.1) is 23.9 Å². The van der Waals surface area contributed by atoms with Crippen LogP contribution in [-0.4, -0.2) is 9.78 Å². The number of anilines is 1. The summed E-state index contributed by atoms with van der Waals surface area (Å²) >= 11 is 0. The minimum atomic E-state index is 0.687. The van der Waals surface area contributed by atoms with Gasteiger partial charge in [-0.25, -0.2) is 0 Å². The molecule has 0 spiro atoms. The molecule has 1 N–H and O–H groups in total. The van der Waals surface area contributed by atoms with Crippen molar-refractivity contribution >= 4 is 5.69 Å². The van der Waals surface area contributed by atoms with Gasteiger partial charge in [-0.2, -0.15) is 10.4 Å². The van der Waals surface area contributed by atoms with Crippen LogP contribution in [0.1, 0.15) is 16.8 Å². The van der Waals surface area contributed by atoms with Crippen LogP contribution < -0.4 is 5.32 Å². The fourth-order valence-electron chi connectivity index (χ4n) is 1.65. The van der Waals surface area contributed by atoms with Crippen molar-refractivity contribution in [1.29, 1.82) is 5.26 Å². The van der Waals surface area contributed by atoms with Gasteiger partial charge in [0.15, 0.2) is 0 Å². The van der Waals surface area contributed by atoms with E-state index in [2.05, 4.69) is 16.5 Å². The van der Waals surface area contributed by atoms with Crippen LogP contribution in [0.25, 0.3) is 0 Å². The van der Waals surface area contributed by atoms with Crippen molar-refractivity contribution in [2.24, 2.45) is 7.05 Å². The van der Waals surface area contributed by atoms with Gasteiger partial charge in [0.2, 0.25) is 0 Å². The van der Waals surface area contributed by atoms with E-state index in [1.54, 1.807) is 4.68 Å². The van der Waals surface area contributed by atoms with Gasteiger partial charge < -0.3 is 5.32 Å². The molecular weight excluding hydrogens is 212 g/mol. The summed E-state index contributed by atoms with van der Waals surface area (Å²) < 4.78 is 1.78. The minimum Gasteiger partial charge on any atom is -0.379 e. The molecule has 1 aromatic carbocycles. The van der Waals surface area contributed by atoms with Gasteiger partial charge >= 0.3 is 0 Å². The van der Waals surface area contributed by atoms with E-state index in [1.165, 1.54) is 0 Å². The number of rotatable bonds is 3. The fraction of sp³-hybridized carbons (Fsp3) is 0.231. The number of hydrogen-bond acceptors (Lipinski definition) is 3. The first-order valence-corrected chi connectivity index (χ1v) is 5.42. The number of nitrogens with zero attached hydrogens (tertiary/aromatic N) is 3. The van der Waals surface area contributed by atoms with Gasteiger partial charge in [0.1, 0.15) is 0 Å². The van der Waals surface area contributed by atoms with Crippen LogP contribution in [-0.2, 0) is 13.6 Å². The molecule has 1 heterocycles. The molecule has 4 heteroatoms. The summed E-state index contributed by atoms with van der Waals surface area (Å²) in [5.74, 6) is 0.